The second-order valence-electron chi connectivity index (χ2n) is 5.48. The fourth-order valence-corrected chi connectivity index (χ4v) is 3.59. The van der Waals surface area contributed by atoms with Gasteiger partial charge >= 0.3 is 5.97 Å². The first-order valence-corrected chi connectivity index (χ1v) is 9.40. The molecule has 0 heterocycles. The predicted molar refractivity (Wildman–Crippen MR) is 99.0 cm³/mol. The number of benzene rings is 2. The van der Waals surface area contributed by atoms with Crippen LogP contribution in [-0.2, 0) is 14.8 Å². The molecule has 0 aromatic heterocycles. The fraction of sp³-hybridized carbons (Fsp3) is 0.278. The Morgan fingerprint density at radius 2 is 1.85 bits per heavy atom. The summed E-state index contributed by atoms with van der Waals surface area (Å²) in [6, 6.07) is 8.96. The molecule has 0 fully saturated rings. The molecule has 0 aliphatic rings. The predicted octanol–water partition coefficient (Wildman–Crippen LogP) is 1.99. The number of rotatable bonds is 9. The molecular formula is C18H21NO7S. The van der Waals surface area contributed by atoms with Crippen molar-refractivity contribution in [3.8, 4) is 22.6 Å². The van der Waals surface area contributed by atoms with E-state index in [1.54, 1.807) is 18.2 Å². The van der Waals surface area contributed by atoms with E-state index in [1.165, 1.54) is 33.5 Å². The standard InChI is InChI=1S/C18H21NO7S/c1-24-8-7-19-27(22,23)14-10-12(9-13(11-14)18(20)21)15-5-4-6-16(25-2)17(15)26-3/h4-6,9-11,19H,7-8H2,1-3H3,(H,20,21). The zero-order valence-corrected chi connectivity index (χ0v) is 16.0. The monoisotopic (exact) mass is 395 g/mol. The van der Waals surface area contributed by atoms with Gasteiger partial charge in [0.15, 0.2) is 11.5 Å². The molecule has 8 nitrogen and oxygen atoms in total. The van der Waals surface area contributed by atoms with E-state index in [1.807, 2.05) is 0 Å². The van der Waals surface area contributed by atoms with Gasteiger partial charge in [-0.2, -0.15) is 0 Å². The van der Waals surface area contributed by atoms with Crippen molar-refractivity contribution in [2.75, 3.05) is 34.5 Å². The smallest absolute Gasteiger partial charge is 0.335 e. The number of carbonyl (C=O) groups is 1. The van der Waals surface area contributed by atoms with Gasteiger partial charge in [-0.3, -0.25) is 0 Å². The highest BCUT2D eigenvalue weighted by Crippen LogP contribution is 2.38. The van der Waals surface area contributed by atoms with E-state index < -0.39 is 16.0 Å². The van der Waals surface area contributed by atoms with Crippen molar-refractivity contribution in [1.29, 1.82) is 0 Å². The number of aromatic carboxylic acids is 1. The highest BCUT2D eigenvalue weighted by molar-refractivity contribution is 7.89. The molecule has 27 heavy (non-hydrogen) atoms. The summed E-state index contributed by atoms with van der Waals surface area (Å²) in [6.45, 7) is 0.252. The lowest BCUT2D eigenvalue weighted by Crippen LogP contribution is -2.27. The molecule has 0 saturated carbocycles. The fourth-order valence-electron chi connectivity index (χ4n) is 2.51. The Morgan fingerprint density at radius 1 is 1.11 bits per heavy atom. The van der Waals surface area contributed by atoms with Crippen molar-refractivity contribution >= 4 is 16.0 Å². The van der Waals surface area contributed by atoms with Crippen LogP contribution in [0.2, 0.25) is 0 Å². The van der Waals surface area contributed by atoms with Gasteiger partial charge in [-0.15, -0.1) is 0 Å². The summed E-state index contributed by atoms with van der Waals surface area (Å²) in [5.41, 5.74) is 0.718. The molecule has 0 saturated heterocycles. The molecule has 0 unspecified atom stereocenters. The molecule has 2 rings (SSSR count). The Hall–Kier alpha value is -2.62. The van der Waals surface area contributed by atoms with Gasteiger partial charge in [0.1, 0.15) is 0 Å². The van der Waals surface area contributed by atoms with Gasteiger partial charge in [-0.1, -0.05) is 12.1 Å². The third kappa shape index (κ3) is 4.76. The largest absolute Gasteiger partial charge is 0.493 e. The lowest BCUT2D eigenvalue weighted by Gasteiger charge is -2.14. The molecule has 0 atom stereocenters. The third-order valence-electron chi connectivity index (χ3n) is 3.78. The summed E-state index contributed by atoms with van der Waals surface area (Å²) in [4.78, 5) is 11.3. The van der Waals surface area contributed by atoms with Crippen molar-refractivity contribution in [2.24, 2.45) is 0 Å². The van der Waals surface area contributed by atoms with Crippen LogP contribution in [0.1, 0.15) is 10.4 Å². The van der Waals surface area contributed by atoms with Gasteiger partial charge in [0, 0.05) is 19.2 Å². The van der Waals surface area contributed by atoms with Crippen LogP contribution in [0.25, 0.3) is 11.1 Å². The first-order valence-electron chi connectivity index (χ1n) is 7.92. The van der Waals surface area contributed by atoms with Gasteiger partial charge in [-0.25, -0.2) is 17.9 Å². The highest BCUT2D eigenvalue weighted by Gasteiger charge is 2.20. The van der Waals surface area contributed by atoms with Crippen LogP contribution in [0.4, 0.5) is 0 Å². The number of methoxy groups -OCH3 is 3. The van der Waals surface area contributed by atoms with E-state index >= 15 is 0 Å². The normalized spacial score (nSPS) is 11.2. The van der Waals surface area contributed by atoms with Crippen LogP contribution < -0.4 is 14.2 Å². The highest BCUT2D eigenvalue weighted by atomic mass is 32.2. The Labute approximate surface area is 157 Å². The van der Waals surface area contributed by atoms with Crippen LogP contribution in [0.5, 0.6) is 11.5 Å². The molecule has 2 N–H and O–H groups in total. The molecule has 0 aliphatic carbocycles. The van der Waals surface area contributed by atoms with Crippen LogP contribution in [0.15, 0.2) is 41.3 Å². The second kappa shape index (κ2) is 8.85. The summed E-state index contributed by atoms with van der Waals surface area (Å²) in [7, 11) is 0.459. The van der Waals surface area contributed by atoms with Crippen LogP contribution in [-0.4, -0.2) is 54.0 Å². The van der Waals surface area contributed by atoms with E-state index in [9.17, 15) is 18.3 Å². The molecule has 0 radical (unpaired) electrons. The topological polar surface area (TPSA) is 111 Å². The minimum Gasteiger partial charge on any atom is -0.493 e. The first kappa shape index (κ1) is 20.7. The van der Waals surface area contributed by atoms with Crippen LogP contribution >= 0.6 is 0 Å². The molecule has 2 aromatic carbocycles. The van der Waals surface area contributed by atoms with Crippen LogP contribution in [0.3, 0.4) is 0 Å². The van der Waals surface area contributed by atoms with Crippen LogP contribution in [0, 0.1) is 0 Å². The van der Waals surface area contributed by atoms with E-state index in [-0.39, 0.29) is 23.6 Å². The molecule has 0 amide bonds. The lowest BCUT2D eigenvalue weighted by molar-refractivity contribution is 0.0696. The number of sulfonamides is 1. The maximum Gasteiger partial charge on any atom is 0.335 e. The molecule has 0 aliphatic heterocycles. The van der Waals surface area contributed by atoms with Gasteiger partial charge in [0.2, 0.25) is 10.0 Å². The zero-order chi connectivity index (χ0) is 20.0. The number of para-hydroxylation sites is 1. The summed E-state index contributed by atoms with van der Waals surface area (Å²) in [5, 5.41) is 9.40. The second-order valence-corrected chi connectivity index (χ2v) is 7.25. The molecule has 9 heteroatoms. The quantitative estimate of drug-likeness (QED) is 0.625. The summed E-state index contributed by atoms with van der Waals surface area (Å²) < 4.78 is 42.9. The Balaban J connectivity index is 2.62. The first-order chi connectivity index (χ1) is 12.8. The summed E-state index contributed by atoms with van der Waals surface area (Å²) in [5.74, 6) is -0.427. The van der Waals surface area contributed by atoms with Gasteiger partial charge in [0.05, 0.1) is 31.3 Å². The van der Waals surface area contributed by atoms with Crippen molar-refractivity contribution in [3.63, 3.8) is 0 Å². The minimum atomic E-state index is -3.92. The number of nitrogens with one attached hydrogen (secondary N) is 1. The average molecular weight is 395 g/mol. The summed E-state index contributed by atoms with van der Waals surface area (Å²) in [6.07, 6.45) is 0. The van der Waals surface area contributed by atoms with E-state index in [4.69, 9.17) is 14.2 Å². The molecule has 2 aromatic rings. The number of hydrogen-bond acceptors (Lipinski definition) is 6. The maximum absolute atomic E-state index is 12.5. The third-order valence-corrected chi connectivity index (χ3v) is 5.22. The van der Waals surface area contributed by atoms with E-state index in [2.05, 4.69) is 4.72 Å². The lowest BCUT2D eigenvalue weighted by atomic mass is 10.0. The van der Waals surface area contributed by atoms with Crippen molar-refractivity contribution in [1.82, 2.24) is 4.72 Å². The van der Waals surface area contributed by atoms with E-state index in [0.717, 1.165) is 6.07 Å². The van der Waals surface area contributed by atoms with Crippen molar-refractivity contribution < 1.29 is 32.5 Å². The van der Waals surface area contributed by atoms with Gasteiger partial charge in [0.25, 0.3) is 0 Å². The minimum absolute atomic E-state index is 0.0634. The number of carboxylic acid groups (broad SMARTS) is 1. The van der Waals surface area contributed by atoms with Crippen molar-refractivity contribution in [3.05, 3.63) is 42.0 Å². The number of carboxylic acids is 1. The molecule has 0 spiro atoms. The van der Waals surface area contributed by atoms with Crippen molar-refractivity contribution in [2.45, 2.75) is 4.90 Å². The molecule has 146 valence electrons. The summed E-state index contributed by atoms with van der Waals surface area (Å²) >= 11 is 0. The SMILES string of the molecule is COCCNS(=O)(=O)c1cc(C(=O)O)cc(-c2cccc(OC)c2OC)c1. The Morgan fingerprint density at radius 3 is 2.44 bits per heavy atom. The zero-order valence-electron chi connectivity index (χ0n) is 15.2. The Kier molecular flexibility index (Phi) is 6.78. The average Bonchev–Trinajstić information content (AvgIpc) is 2.66. The number of ether oxygens (including phenoxy) is 3. The molecular weight excluding hydrogens is 374 g/mol. The van der Waals surface area contributed by atoms with Gasteiger partial charge in [-0.05, 0) is 29.8 Å². The number of hydrogen-bond donors (Lipinski definition) is 2. The molecule has 0 bridgehead atoms. The van der Waals surface area contributed by atoms with Gasteiger partial charge < -0.3 is 19.3 Å². The maximum atomic E-state index is 12.5. The Bertz CT molecular complexity index is 925. The van der Waals surface area contributed by atoms with E-state index in [0.29, 0.717) is 22.6 Å².